The molecule has 0 aromatic carbocycles. The van der Waals surface area contributed by atoms with Crippen LogP contribution in [0.3, 0.4) is 0 Å². The third-order valence-corrected chi connectivity index (χ3v) is 4.30. The number of hydrogen-bond donors (Lipinski definition) is 1. The molecule has 0 saturated carbocycles. The molecule has 2 aliphatic heterocycles. The Hall–Kier alpha value is -0.610. The number of nitrogens with one attached hydrogen (secondary N) is 1. The molecule has 19 heavy (non-hydrogen) atoms. The van der Waals surface area contributed by atoms with Gasteiger partial charge < -0.3 is 15.0 Å². The number of carbonyl (C=O) groups excluding carboxylic acids is 1. The van der Waals surface area contributed by atoms with Gasteiger partial charge in [-0.1, -0.05) is 6.42 Å². The van der Waals surface area contributed by atoms with E-state index in [1.54, 1.807) is 0 Å². The minimum Gasteiger partial charge on any atom is -0.376 e. The number of hydrogen-bond acceptors (Lipinski definition) is 3. The van der Waals surface area contributed by atoms with Gasteiger partial charge in [0.05, 0.1) is 6.10 Å². The van der Waals surface area contributed by atoms with Crippen molar-refractivity contribution in [3.05, 3.63) is 0 Å². The van der Waals surface area contributed by atoms with Crippen LogP contribution in [0.4, 0.5) is 0 Å². The zero-order valence-electron chi connectivity index (χ0n) is 12.2. The van der Waals surface area contributed by atoms with E-state index in [0.717, 1.165) is 32.5 Å². The highest BCUT2D eigenvalue weighted by Crippen LogP contribution is 2.15. The van der Waals surface area contributed by atoms with E-state index in [0.29, 0.717) is 12.5 Å². The fourth-order valence-electron chi connectivity index (χ4n) is 3.02. The molecule has 0 aromatic rings. The van der Waals surface area contributed by atoms with Crippen molar-refractivity contribution in [2.75, 3.05) is 26.7 Å². The van der Waals surface area contributed by atoms with Crippen molar-refractivity contribution in [2.45, 2.75) is 63.5 Å². The molecule has 4 heteroatoms. The lowest BCUT2D eigenvalue weighted by Gasteiger charge is -2.28. The second kappa shape index (κ2) is 7.85. The first-order chi connectivity index (χ1) is 9.25. The Bertz CT molecular complexity index is 271. The summed E-state index contributed by atoms with van der Waals surface area (Å²) in [6, 6.07) is 0.553. The Morgan fingerprint density at radius 2 is 2.11 bits per heavy atom. The molecular weight excluding hydrogens is 240 g/mol. The molecule has 2 fully saturated rings. The summed E-state index contributed by atoms with van der Waals surface area (Å²) < 4.78 is 5.69. The SMILES string of the molecule is CN(CC1CCCCO1)C(=O)CCC1CCCCN1. The van der Waals surface area contributed by atoms with E-state index in [4.69, 9.17) is 4.74 Å². The summed E-state index contributed by atoms with van der Waals surface area (Å²) in [5.41, 5.74) is 0. The van der Waals surface area contributed by atoms with Gasteiger partial charge >= 0.3 is 0 Å². The number of ether oxygens (including phenoxy) is 1. The van der Waals surface area contributed by atoms with Gasteiger partial charge in [-0.25, -0.2) is 0 Å². The monoisotopic (exact) mass is 268 g/mol. The third kappa shape index (κ3) is 5.11. The first-order valence-electron chi connectivity index (χ1n) is 7.84. The number of carbonyl (C=O) groups is 1. The van der Waals surface area contributed by atoms with Crippen molar-refractivity contribution in [1.82, 2.24) is 10.2 Å². The largest absolute Gasteiger partial charge is 0.376 e. The number of rotatable bonds is 5. The van der Waals surface area contributed by atoms with E-state index < -0.39 is 0 Å². The third-order valence-electron chi connectivity index (χ3n) is 4.30. The van der Waals surface area contributed by atoms with Crippen LogP contribution in [0.5, 0.6) is 0 Å². The molecule has 1 N–H and O–H groups in total. The summed E-state index contributed by atoms with van der Waals surface area (Å²) in [6.07, 6.45) is 9.22. The summed E-state index contributed by atoms with van der Waals surface area (Å²) in [5.74, 6) is 0.265. The van der Waals surface area contributed by atoms with Gasteiger partial charge in [0.2, 0.25) is 5.91 Å². The molecule has 1 amide bonds. The van der Waals surface area contributed by atoms with Crippen LogP contribution in [-0.4, -0.2) is 49.7 Å². The first kappa shape index (κ1) is 14.8. The lowest BCUT2D eigenvalue weighted by Crippen LogP contribution is -2.39. The number of piperidine rings is 1. The van der Waals surface area contributed by atoms with Crippen molar-refractivity contribution >= 4 is 5.91 Å². The minimum absolute atomic E-state index is 0.260. The van der Waals surface area contributed by atoms with Gasteiger partial charge in [-0.15, -0.1) is 0 Å². The van der Waals surface area contributed by atoms with E-state index in [9.17, 15) is 4.79 Å². The van der Waals surface area contributed by atoms with E-state index in [1.807, 2.05) is 11.9 Å². The molecule has 2 aliphatic rings. The van der Waals surface area contributed by atoms with Crippen LogP contribution >= 0.6 is 0 Å². The molecule has 0 bridgehead atoms. The van der Waals surface area contributed by atoms with Gasteiger partial charge in [0.25, 0.3) is 0 Å². The predicted molar refractivity (Wildman–Crippen MR) is 76.1 cm³/mol. The Balaban J connectivity index is 1.63. The fourth-order valence-corrected chi connectivity index (χ4v) is 3.02. The Kier molecular flexibility index (Phi) is 6.11. The fraction of sp³-hybridized carbons (Fsp3) is 0.933. The van der Waals surface area contributed by atoms with E-state index in [1.165, 1.54) is 32.1 Å². The summed E-state index contributed by atoms with van der Waals surface area (Å²) in [7, 11) is 1.91. The molecule has 0 spiro atoms. The van der Waals surface area contributed by atoms with Crippen LogP contribution in [0.2, 0.25) is 0 Å². The Morgan fingerprint density at radius 3 is 2.79 bits per heavy atom. The molecular formula is C15H28N2O2. The molecule has 0 radical (unpaired) electrons. The number of likely N-dealkylation sites (N-methyl/N-ethyl adjacent to an activating group) is 1. The summed E-state index contributed by atoms with van der Waals surface area (Å²) in [4.78, 5) is 14.0. The van der Waals surface area contributed by atoms with Gasteiger partial charge in [0, 0.05) is 32.7 Å². The molecule has 2 heterocycles. The molecule has 110 valence electrons. The van der Waals surface area contributed by atoms with Crippen molar-refractivity contribution < 1.29 is 9.53 Å². The second-order valence-corrected chi connectivity index (χ2v) is 5.95. The molecule has 2 unspecified atom stereocenters. The molecule has 0 aromatic heterocycles. The van der Waals surface area contributed by atoms with Gasteiger partial charge in [-0.3, -0.25) is 4.79 Å². The number of nitrogens with zero attached hydrogens (tertiary/aromatic N) is 1. The van der Waals surface area contributed by atoms with Crippen molar-refractivity contribution in [1.29, 1.82) is 0 Å². The lowest BCUT2D eigenvalue weighted by atomic mass is 10.0. The smallest absolute Gasteiger partial charge is 0.222 e. The predicted octanol–water partition coefficient (Wildman–Crippen LogP) is 1.94. The van der Waals surface area contributed by atoms with Crippen LogP contribution in [0, 0.1) is 0 Å². The van der Waals surface area contributed by atoms with Gasteiger partial charge in [-0.05, 0) is 45.1 Å². The number of amides is 1. The van der Waals surface area contributed by atoms with Crippen LogP contribution in [0.1, 0.15) is 51.4 Å². The molecule has 2 rings (SSSR count). The van der Waals surface area contributed by atoms with Crippen LogP contribution in [0.15, 0.2) is 0 Å². The second-order valence-electron chi connectivity index (χ2n) is 5.95. The summed E-state index contributed by atoms with van der Waals surface area (Å²) in [5, 5.41) is 3.50. The summed E-state index contributed by atoms with van der Waals surface area (Å²) >= 11 is 0. The molecule has 4 nitrogen and oxygen atoms in total. The Morgan fingerprint density at radius 1 is 1.26 bits per heavy atom. The highest BCUT2D eigenvalue weighted by Gasteiger charge is 2.20. The van der Waals surface area contributed by atoms with E-state index in [2.05, 4.69) is 5.32 Å². The van der Waals surface area contributed by atoms with Crippen LogP contribution < -0.4 is 5.32 Å². The summed E-state index contributed by atoms with van der Waals surface area (Å²) in [6.45, 7) is 2.74. The van der Waals surface area contributed by atoms with Crippen molar-refractivity contribution in [3.63, 3.8) is 0 Å². The maximum absolute atomic E-state index is 12.1. The zero-order valence-corrected chi connectivity index (χ0v) is 12.2. The normalized spacial score (nSPS) is 28.1. The van der Waals surface area contributed by atoms with Crippen molar-refractivity contribution in [2.24, 2.45) is 0 Å². The molecule has 2 atom stereocenters. The maximum Gasteiger partial charge on any atom is 0.222 e. The molecule has 0 aliphatic carbocycles. The van der Waals surface area contributed by atoms with Crippen LogP contribution in [-0.2, 0) is 9.53 Å². The molecule has 2 saturated heterocycles. The quantitative estimate of drug-likeness (QED) is 0.828. The van der Waals surface area contributed by atoms with Gasteiger partial charge in [-0.2, -0.15) is 0 Å². The minimum atomic E-state index is 0.260. The van der Waals surface area contributed by atoms with Gasteiger partial charge in [0.1, 0.15) is 0 Å². The highest BCUT2D eigenvalue weighted by molar-refractivity contribution is 5.75. The van der Waals surface area contributed by atoms with Gasteiger partial charge in [0.15, 0.2) is 0 Å². The lowest BCUT2D eigenvalue weighted by molar-refractivity contribution is -0.132. The highest BCUT2D eigenvalue weighted by atomic mass is 16.5. The van der Waals surface area contributed by atoms with E-state index in [-0.39, 0.29) is 12.0 Å². The zero-order chi connectivity index (χ0) is 13.5. The first-order valence-corrected chi connectivity index (χ1v) is 7.84. The maximum atomic E-state index is 12.1. The standard InChI is InChI=1S/C15H28N2O2/c1-17(12-14-7-3-5-11-19-14)15(18)9-8-13-6-2-4-10-16-13/h13-14,16H,2-12H2,1H3. The Labute approximate surface area is 116 Å². The topological polar surface area (TPSA) is 41.6 Å². The van der Waals surface area contributed by atoms with Crippen molar-refractivity contribution in [3.8, 4) is 0 Å². The average Bonchev–Trinajstić information content (AvgIpc) is 2.47. The van der Waals surface area contributed by atoms with E-state index >= 15 is 0 Å². The van der Waals surface area contributed by atoms with Crippen LogP contribution in [0.25, 0.3) is 0 Å². The average molecular weight is 268 g/mol.